The summed E-state index contributed by atoms with van der Waals surface area (Å²) in [5.41, 5.74) is 1.90. The van der Waals surface area contributed by atoms with E-state index in [1.165, 1.54) is 7.11 Å². The minimum absolute atomic E-state index is 0.213. The lowest BCUT2D eigenvalue weighted by molar-refractivity contribution is -0.135. The summed E-state index contributed by atoms with van der Waals surface area (Å²) >= 11 is 1.02. The molecule has 1 amide bonds. The van der Waals surface area contributed by atoms with Crippen molar-refractivity contribution in [3.05, 3.63) is 59.0 Å². The topological polar surface area (TPSA) is 89.4 Å². The third-order valence-electron chi connectivity index (χ3n) is 2.94. The molecule has 8 heteroatoms. The molecular weight excluding hydrogens is 342 g/mol. The molecule has 0 aromatic heterocycles. The average Bonchev–Trinajstić information content (AvgIpc) is 2.96. The molecule has 1 heterocycles. The summed E-state index contributed by atoms with van der Waals surface area (Å²) < 4.78 is 9.84. The molecule has 130 valence electrons. The number of esters is 1. The molecule has 0 bridgehead atoms. The van der Waals surface area contributed by atoms with Crippen LogP contribution in [0.4, 0.5) is 0 Å². The van der Waals surface area contributed by atoms with Gasteiger partial charge in [0.1, 0.15) is 0 Å². The number of hydrogen-bond acceptors (Lipinski definition) is 7. The molecular formula is C17H17N3O4S. The maximum absolute atomic E-state index is 11.7. The Labute approximate surface area is 149 Å². The molecule has 25 heavy (non-hydrogen) atoms. The molecule has 1 saturated heterocycles. The van der Waals surface area contributed by atoms with Crippen LogP contribution >= 0.6 is 11.8 Å². The predicted octanol–water partition coefficient (Wildman–Crippen LogP) is 2.00. The van der Waals surface area contributed by atoms with Crippen LogP contribution in [0.3, 0.4) is 0 Å². The Kier molecular flexibility index (Phi) is 7.12. The van der Waals surface area contributed by atoms with E-state index in [2.05, 4.69) is 26.8 Å². The number of nitrogens with zero attached hydrogens (tertiary/aromatic N) is 2. The quantitative estimate of drug-likeness (QED) is 0.201. The summed E-state index contributed by atoms with van der Waals surface area (Å²) in [5.74, 6) is -1.01. The Balaban J connectivity index is 1.93. The van der Waals surface area contributed by atoms with E-state index in [1.807, 2.05) is 24.3 Å². The molecule has 1 aliphatic heterocycles. The second kappa shape index (κ2) is 9.55. The van der Waals surface area contributed by atoms with Crippen LogP contribution < -0.4 is 5.32 Å². The molecule has 1 N–H and O–H groups in total. The van der Waals surface area contributed by atoms with Crippen LogP contribution in [0, 0.1) is 0 Å². The Morgan fingerprint density at radius 2 is 2.12 bits per heavy atom. The molecule has 0 saturated carbocycles. The molecule has 1 fully saturated rings. The number of methoxy groups -OCH3 is 1. The van der Waals surface area contributed by atoms with Crippen molar-refractivity contribution in [2.45, 2.75) is 6.61 Å². The van der Waals surface area contributed by atoms with Crippen molar-refractivity contribution in [2.75, 3.05) is 13.7 Å². The van der Waals surface area contributed by atoms with Crippen molar-refractivity contribution < 1.29 is 19.1 Å². The maximum Gasteiger partial charge on any atom is 0.331 e. The highest BCUT2D eigenvalue weighted by Gasteiger charge is 2.24. The Hall–Kier alpha value is -2.71. The van der Waals surface area contributed by atoms with Crippen LogP contribution in [0.1, 0.15) is 11.1 Å². The van der Waals surface area contributed by atoms with Gasteiger partial charge in [-0.1, -0.05) is 30.3 Å². The van der Waals surface area contributed by atoms with E-state index in [9.17, 15) is 9.59 Å². The van der Waals surface area contributed by atoms with Crippen molar-refractivity contribution >= 4 is 35.0 Å². The number of amidine groups is 1. The number of rotatable bonds is 7. The van der Waals surface area contributed by atoms with E-state index in [-0.39, 0.29) is 4.91 Å². The molecule has 0 unspecified atom stereocenters. The molecule has 1 aliphatic rings. The Morgan fingerprint density at radius 1 is 1.36 bits per heavy atom. The van der Waals surface area contributed by atoms with Gasteiger partial charge in [-0.15, -0.1) is 11.7 Å². The second-order valence-electron chi connectivity index (χ2n) is 4.78. The summed E-state index contributed by atoms with van der Waals surface area (Å²) in [6.07, 6.45) is 4.38. The van der Waals surface area contributed by atoms with Crippen molar-refractivity contribution in [1.82, 2.24) is 5.32 Å². The lowest BCUT2D eigenvalue weighted by Gasteiger charge is -2.01. The lowest BCUT2D eigenvalue weighted by atomic mass is 10.1. The molecule has 7 nitrogen and oxygen atoms in total. The van der Waals surface area contributed by atoms with Gasteiger partial charge in [-0.05, 0) is 22.9 Å². The fourth-order valence-electron chi connectivity index (χ4n) is 1.75. The van der Waals surface area contributed by atoms with Crippen molar-refractivity contribution in [2.24, 2.45) is 10.2 Å². The van der Waals surface area contributed by atoms with Gasteiger partial charge in [0, 0.05) is 6.08 Å². The minimum Gasteiger partial charge on any atom is -0.466 e. The standard InChI is InChI=1S/C17H17N3O4S/c1-3-8-24-11-13-6-4-12(5-7-13)10-18-20-17-19-16(22)14(25-17)9-15(21)23-2/h3-7,9-10H,1,8,11H2,2H3,(H,19,20,22)/b14-9+,18-10?. The number of nitrogens with one attached hydrogen (secondary N) is 1. The zero-order chi connectivity index (χ0) is 18.1. The SMILES string of the molecule is C=CCOCc1ccc(C=N/N=C2/NC(=O)/C(=C\C(=O)OC)S2)cc1. The van der Waals surface area contributed by atoms with Crippen LogP contribution in [0.25, 0.3) is 0 Å². The van der Waals surface area contributed by atoms with E-state index in [4.69, 9.17) is 4.74 Å². The molecule has 1 aromatic carbocycles. The highest BCUT2D eigenvalue weighted by atomic mass is 32.2. The highest BCUT2D eigenvalue weighted by molar-refractivity contribution is 8.18. The lowest BCUT2D eigenvalue weighted by Crippen LogP contribution is -2.19. The van der Waals surface area contributed by atoms with Gasteiger partial charge in [0.2, 0.25) is 0 Å². The number of hydrogen-bond donors (Lipinski definition) is 1. The van der Waals surface area contributed by atoms with Gasteiger partial charge in [-0.2, -0.15) is 5.10 Å². The summed E-state index contributed by atoms with van der Waals surface area (Å²) in [6, 6.07) is 7.64. The number of carbonyl (C=O) groups excluding carboxylic acids is 2. The van der Waals surface area contributed by atoms with Crippen molar-refractivity contribution in [1.29, 1.82) is 0 Å². The third-order valence-corrected chi connectivity index (χ3v) is 3.84. The fraction of sp³-hybridized carbons (Fsp3) is 0.176. The third kappa shape index (κ3) is 6.02. The van der Waals surface area contributed by atoms with E-state index < -0.39 is 11.9 Å². The van der Waals surface area contributed by atoms with E-state index >= 15 is 0 Å². The number of ether oxygens (including phenoxy) is 2. The van der Waals surface area contributed by atoms with Crippen molar-refractivity contribution in [3.8, 4) is 0 Å². The second-order valence-corrected chi connectivity index (χ2v) is 5.81. The first-order valence-corrected chi connectivity index (χ1v) is 8.11. The normalized spacial score (nSPS) is 17.2. The van der Waals surface area contributed by atoms with Crippen LogP contribution in [-0.2, 0) is 25.7 Å². The summed E-state index contributed by atoms with van der Waals surface area (Å²) in [4.78, 5) is 23.0. The van der Waals surface area contributed by atoms with Gasteiger partial charge >= 0.3 is 5.97 Å². The van der Waals surface area contributed by atoms with E-state index in [0.717, 1.165) is 29.0 Å². The number of amides is 1. The minimum atomic E-state index is -0.598. The predicted molar refractivity (Wildman–Crippen MR) is 97.2 cm³/mol. The van der Waals surface area contributed by atoms with Crippen molar-refractivity contribution in [3.63, 3.8) is 0 Å². The van der Waals surface area contributed by atoms with Gasteiger partial charge in [-0.3, -0.25) is 10.1 Å². The van der Waals surface area contributed by atoms with Gasteiger partial charge in [-0.25, -0.2) is 4.79 Å². The van der Waals surface area contributed by atoms with Crippen LogP contribution in [0.2, 0.25) is 0 Å². The van der Waals surface area contributed by atoms with Gasteiger partial charge in [0.15, 0.2) is 5.17 Å². The Morgan fingerprint density at radius 3 is 2.80 bits per heavy atom. The number of thioether (sulfide) groups is 1. The summed E-state index contributed by atoms with van der Waals surface area (Å²) in [7, 11) is 1.24. The van der Waals surface area contributed by atoms with Gasteiger partial charge < -0.3 is 9.47 Å². The molecule has 0 atom stereocenters. The van der Waals surface area contributed by atoms with Gasteiger partial charge in [0.25, 0.3) is 5.91 Å². The number of carbonyl (C=O) groups is 2. The van der Waals surface area contributed by atoms with Crippen LogP contribution in [-0.4, -0.2) is 37.0 Å². The first kappa shape index (κ1) is 18.6. The summed E-state index contributed by atoms with van der Waals surface area (Å²) in [6.45, 7) is 4.62. The van der Waals surface area contributed by atoms with Crippen LogP contribution in [0.15, 0.2) is 58.1 Å². The summed E-state index contributed by atoms with van der Waals surface area (Å²) in [5, 5.41) is 10.7. The first-order chi connectivity index (χ1) is 12.1. The zero-order valence-corrected chi connectivity index (χ0v) is 14.4. The molecule has 2 rings (SSSR count). The van der Waals surface area contributed by atoms with Gasteiger partial charge in [0.05, 0.1) is 31.4 Å². The molecule has 0 radical (unpaired) electrons. The Bertz CT molecular complexity index is 739. The number of benzene rings is 1. The first-order valence-electron chi connectivity index (χ1n) is 7.30. The van der Waals surface area contributed by atoms with Crippen LogP contribution in [0.5, 0.6) is 0 Å². The monoisotopic (exact) mass is 359 g/mol. The largest absolute Gasteiger partial charge is 0.466 e. The maximum atomic E-state index is 11.7. The van der Waals surface area contributed by atoms with E-state index in [0.29, 0.717) is 18.4 Å². The molecule has 1 aromatic rings. The van der Waals surface area contributed by atoms with E-state index in [1.54, 1.807) is 12.3 Å². The highest BCUT2D eigenvalue weighted by Crippen LogP contribution is 2.23. The molecule has 0 spiro atoms. The average molecular weight is 359 g/mol. The zero-order valence-electron chi connectivity index (χ0n) is 13.6. The fourth-order valence-corrected chi connectivity index (χ4v) is 2.49. The smallest absolute Gasteiger partial charge is 0.331 e. The molecule has 0 aliphatic carbocycles.